The lowest BCUT2D eigenvalue weighted by molar-refractivity contribution is -0.112. The topological polar surface area (TPSA) is 60.7 Å². The first-order valence-corrected chi connectivity index (χ1v) is 2.70. The van der Waals surface area contributed by atoms with Gasteiger partial charge in [-0.3, -0.25) is 4.79 Å². The molecular formula is C5H6N4O. The van der Waals surface area contributed by atoms with Crippen LogP contribution in [0.3, 0.4) is 0 Å². The number of nitrogens with zero attached hydrogens (tertiary/aromatic N) is 4. The molecule has 0 radical (unpaired) electrons. The van der Waals surface area contributed by atoms with E-state index in [4.69, 9.17) is 0 Å². The van der Waals surface area contributed by atoms with Crippen molar-refractivity contribution in [1.82, 2.24) is 20.2 Å². The number of hydrogen-bond donors (Lipinski definition) is 0. The molecule has 0 saturated carbocycles. The van der Waals surface area contributed by atoms with Crippen molar-refractivity contribution in [2.45, 2.75) is 6.92 Å². The minimum absolute atomic E-state index is 0.0319. The van der Waals surface area contributed by atoms with Gasteiger partial charge in [0.1, 0.15) is 6.33 Å². The highest BCUT2D eigenvalue weighted by atomic mass is 16.1. The lowest BCUT2D eigenvalue weighted by Gasteiger charge is -1.81. The van der Waals surface area contributed by atoms with E-state index in [1.807, 2.05) is 0 Å². The van der Waals surface area contributed by atoms with Gasteiger partial charge < -0.3 is 0 Å². The van der Waals surface area contributed by atoms with E-state index >= 15 is 0 Å². The molecule has 0 aliphatic carbocycles. The predicted octanol–water partition coefficient (Wildman–Crippen LogP) is -0.267. The van der Waals surface area contributed by atoms with E-state index in [2.05, 4.69) is 15.5 Å². The van der Waals surface area contributed by atoms with Gasteiger partial charge in [0, 0.05) is 6.20 Å². The maximum Gasteiger partial charge on any atom is 0.154 e. The van der Waals surface area contributed by atoms with Crippen molar-refractivity contribution in [3.8, 4) is 0 Å². The zero-order valence-electron chi connectivity index (χ0n) is 5.43. The summed E-state index contributed by atoms with van der Waals surface area (Å²) >= 11 is 0. The van der Waals surface area contributed by atoms with E-state index < -0.39 is 0 Å². The van der Waals surface area contributed by atoms with Crippen LogP contribution in [0.1, 0.15) is 6.92 Å². The molecule has 0 aromatic carbocycles. The Balaban J connectivity index is 2.64. The summed E-state index contributed by atoms with van der Waals surface area (Å²) in [5.74, 6) is -0.0319. The number of carbonyl (C=O) groups excluding carboxylic acids is 1. The zero-order chi connectivity index (χ0) is 7.40. The Bertz CT molecular complexity index is 238. The van der Waals surface area contributed by atoms with Gasteiger partial charge >= 0.3 is 0 Å². The Labute approximate surface area is 57.3 Å². The molecular weight excluding hydrogens is 132 g/mol. The van der Waals surface area contributed by atoms with Gasteiger partial charge in [-0.2, -0.15) is 0 Å². The summed E-state index contributed by atoms with van der Waals surface area (Å²) in [6.07, 6.45) is 4.28. The van der Waals surface area contributed by atoms with Crippen molar-refractivity contribution < 1.29 is 4.79 Å². The molecule has 1 aromatic rings. The number of allylic oxidation sites excluding steroid dienone is 1. The average Bonchev–Trinajstić information content (AvgIpc) is 2.34. The van der Waals surface area contributed by atoms with Gasteiger partial charge in [0.05, 0.1) is 0 Å². The monoisotopic (exact) mass is 138 g/mol. The third-order valence-electron chi connectivity index (χ3n) is 0.827. The predicted molar refractivity (Wildman–Crippen MR) is 33.8 cm³/mol. The molecule has 0 bridgehead atoms. The first-order chi connectivity index (χ1) is 4.79. The van der Waals surface area contributed by atoms with Crippen molar-refractivity contribution in [3.63, 3.8) is 0 Å². The van der Waals surface area contributed by atoms with Crippen molar-refractivity contribution in [2.24, 2.45) is 0 Å². The number of ketones is 1. The average molecular weight is 138 g/mol. The molecule has 5 nitrogen and oxygen atoms in total. The standard InChI is InChI=1S/C5H6N4O/c1-5(10)2-3-9-4-6-7-8-9/h2-4H,1H3/b3-2+. The van der Waals surface area contributed by atoms with Gasteiger partial charge in [0.25, 0.3) is 0 Å². The maximum atomic E-state index is 10.4. The highest BCUT2D eigenvalue weighted by Gasteiger charge is 1.84. The van der Waals surface area contributed by atoms with Crippen molar-refractivity contribution in [2.75, 3.05) is 0 Å². The summed E-state index contributed by atoms with van der Waals surface area (Å²) in [7, 11) is 0. The fourth-order valence-electron chi connectivity index (χ4n) is 0.418. The molecule has 1 aromatic heterocycles. The van der Waals surface area contributed by atoms with E-state index in [0.717, 1.165) is 0 Å². The molecule has 0 aliphatic heterocycles. The van der Waals surface area contributed by atoms with E-state index in [1.165, 1.54) is 30.2 Å². The van der Waals surface area contributed by atoms with Gasteiger partial charge in [-0.1, -0.05) is 0 Å². The van der Waals surface area contributed by atoms with Crippen LogP contribution in [0.25, 0.3) is 6.20 Å². The smallest absolute Gasteiger partial charge is 0.154 e. The second-order valence-electron chi connectivity index (χ2n) is 1.72. The van der Waals surface area contributed by atoms with E-state index in [-0.39, 0.29) is 5.78 Å². The third-order valence-corrected chi connectivity index (χ3v) is 0.827. The van der Waals surface area contributed by atoms with Crippen LogP contribution in [0.4, 0.5) is 0 Å². The summed E-state index contributed by atoms with van der Waals surface area (Å²) in [5, 5.41) is 10.2. The number of aromatic nitrogens is 4. The Hall–Kier alpha value is -1.52. The van der Waals surface area contributed by atoms with Crippen LogP contribution in [0.2, 0.25) is 0 Å². The molecule has 1 heterocycles. The van der Waals surface area contributed by atoms with E-state index in [9.17, 15) is 4.79 Å². The molecule has 0 amide bonds. The van der Waals surface area contributed by atoms with Gasteiger partial charge in [-0.25, -0.2) is 4.68 Å². The molecule has 10 heavy (non-hydrogen) atoms. The molecule has 0 spiro atoms. The number of tetrazole rings is 1. The van der Waals surface area contributed by atoms with E-state index in [1.54, 1.807) is 0 Å². The molecule has 0 fully saturated rings. The van der Waals surface area contributed by atoms with Crippen LogP contribution in [0.15, 0.2) is 12.4 Å². The van der Waals surface area contributed by atoms with Crippen LogP contribution in [-0.2, 0) is 4.79 Å². The molecule has 5 heteroatoms. The SMILES string of the molecule is CC(=O)/C=C/n1cnnn1. The normalized spacial score (nSPS) is 10.5. The molecule has 0 saturated heterocycles. The Morgan fingerprint density at radius 1 is 1.70 bits per heavy atom. The lowest BCUT2D eigenvalue weighted by Crippen LogP contribution is -1.88. The van der Waals surface area contributed by atoms with E-state index in [0.29, 0.717) is 0 Å². The summed E-state index contributed by atoms with van der Waals surface area (Å²) in [5.41, 5.74) is 0. The number of carbonyl (C=O) groups is 1. The van der Waals surface area contributed by atoms with Crippen molar-refractivity contribution in [1.29, 1.82) is 0 Å². The highest BCUT2D eigenvalue weighted by molar-refractivity contribution is 5.89. The molecule has 52 valence electrons. The van der Waals surface area contributed by atoms with Crippen molar-refractivity contribution >= 4 is 12.0 Å². The van der Waals surface area contributed by atoms with Gasteiger partial charge in [-0.15, -0.1) is 5.10 Å². The summed E-state index contributed by atoms with van der Waals surface area (Å²) in [6.45, 7) is 1.46. The zero-order valence-corrected chi connectivity index (χ0v) is 5.43. The number of hydrogen-bond acceptors (Lipinski definition) is 4. The lowest BCUT2D eigenvalue weighted by atomic mass is 10.4. The van der Waals surface area contributed by atoms with Crippen LogP contribution in [-0.4, -0.2) is 26.0 Å². The molecule has 0 atom stereocenters. The second kappa shape index (κ2) is 2.86. The fourth-order valence-corrected chi connectivity index (χ4v) is 0.418. The molecule has 0 aliphatic rings. The Morgan fingerprint density at radius 2 is 2.50 bits per heavy atom. The number of rotatable bonds is 2. The minimum atomic E-state index is -0.0319. The van der Waals surface area contributed by atoms with Crippen LogP contribution < -0.4 is 0 Å². The maximum absolute atomic E-state index is 10.4. The molecule has 0 N–H and O–H groups in total. The third kappa shape index (κ3) is 1.77. The van der Waals surface area contributed by atoms with Crippen molar-refractivity contribution in [3.05, 3.63) is 12.4 Å². The van der Waals surface area contributed by atoms with Crippen LogP contribution >= 0.6 is 0 Å². The second-order valence-corrected chi connectivity index (χ2v) is 1.72. The van der Waals surface area contributed by atoms with Crippen LogP contribution in [0.5, 0.6) is 0 Å². The first kappa shape index (κ1) is 6.60. The Morgan fingerprint density at radius 3 is 3.00 bits per heavy atom. The van der Waals surface area contributed by atoms with Gasteiger partial charge in [0.2, 0.25) is 0 Å². The fraction of sp³-hybridized carbons (Fsp3) is 0.200. The van der Waals surface area contributed by atoms with Crippen LogP contribution in [0, 0.1) is 0 Å². The summed E-state index contributed by atoms with van der Waals surface area (Å²) < 4.78 is 1.35. The summed E-state index contributed by atoms with van der Waals surface area (Å²) in [6, 6.07) is 0. The Kier molecular flexibility index (Phi) is 1.89. The minimum Gasteiger partial charge on any atom is -0.295 e. The highest BCUT2D eigenvalue weighted by Crippen LogP contribution is 1.80. The van der Waals surface area contributed by atoms with Gasteiger partial charge in [-0.05, 0) is 23.4 Å². The summed E-state index contributed by atoms with van der Waals surface area (Å²) in [4.78, 5) is 10.4. The van der Waals surface area contributed by atoms with Gasteiger partial charge in [0.15, 0.2) is 5.78 Å². The largest absolute Gasteiger partial charge is 0.295 e. The molecule has 1 rings (SSSR count). The first-order valence-electron chi connectivity index (χ1n) is 2.70. The molecule has 0 unspecified atom stereocenters. The quantitative estimate of drug-likeness (QED) is 0.528.